The zero-order valence-electron chi connectivity index (χ0n) is 19.3. The number of thiophene rings is 1. The van der Waals surface area contributed by atoms with Gasteiger partial charge in [-0.3, -0.25) is 9.59 Å². The summed E-state index contributed by atoms with van der Waals surface area (Å²) >= 11 is 1.52. The molecule has 1 aliphatic carbocycles. The molecule has 33 heavy (non-hydrogen) atoms. The van der Waals surface area contributed by atoms with Crippen LogP contribution >= 0.6 is 11.3 Å². The lowest BCUT2D eigenvalue weighted by Gasteiger charge is -2.33. The van der Waals surface area contributed by atoms with Crippen molar-refractivity contribution in [3.05, 3.63) is 76.7 Å². The Balaban J connectivity index is 1.57. The maximum Gasteiger partial charge on any atom is 0.262 e. The highest BCUT2D eigenvalue weighted by atomic mass is 32.1. The number of benzene rings is 2. The summed E-state index contributed by atoms with van der Waals surface area (Å²) in [4.78, 5) is 27.2. The van der Waals surface area contributed by atoms with Gasteiger partial charge in [0, 0.05) is 10.6 Å². The van der Waals surface area contributed by atoms with E-state index in [1.165, 1.54) is 16.2 Å². The third kappa shape index (κ3) is 5.63. The molecule has 2 amide bonds. The van der Waals surface area contributed by atoms with Crippen LogP contribution in [0.2, 0.25) is 0 Å². The summed E-state index contributed by atoms with van der Waals surface area (Å²) in [5.74, 6) is 0.706. The lowest BCUT2D eigenvalue weighted by molar-refractivity contribution is -0.118. The van der Waals surface area contributed by atoms with Crippen molar-refractivity contribution in [2.24, 2.45) is 11.3 Å². The van der Waals surface area contributed by atoms with E-state index in [0.29, 0.717) is 22.2 Å². The van der Waals surface area contributed by atoms with E-state index in [1.807, 2.05) is 60.7 Å². The highest BCUT2D eigenvalue weighted by molar-refractivity contribution is 7.17. The minimum absolute atomic E-state index is 0.114. The van der Waals surface area contributed by atoms with Gasteiger partial charge in [0.15, 0.2) is 6.61 Å². The normalized spacial score (nSPS) is 15.4. The van der Waals surface area contributed by atoms with E-state index in [2.05, 4.69) is 31.4 Å². The number of carbonyl (C=O) groups is 2. The predicted molar refractivity (Wildman–Crippen MR) is 134 cm³/mol. The second-order valence-corrected chi connectivity index (χ2v) is 10.6. The van der Waals surface area contributed by atoms with Crippen molar-refractivity contribution in [1.82, 2.24) is 0 Å². The molecule has 4 rings (SSSR count). The third-order valence-electron chi connectivity index (χ3n) is 6.11. The molecule has 3 aromatic rings. The second kappa shape index (κ2) is 9.79. The van der Waals surface area contributed by atoms with Crippen LogP contribution in [0.25, 0.3) is 0 Å². The van der Waals surface area contributed by atoms with Crippen LogP contribution in [0, 0.1) is 11.3 Å². The van der Waals surface area contributed by atoms with Gasteiger partial charge in [0.25, 0.3) is 11.8 Å². The van der Waals surface area contributed by atoms with Crippen molar-refractivity contribution in [1.29, 1.82) is 0 Å². The molecule has 2 aromatic carbocycles. The summed E-state index contributed by atoms with van der Waals surface area (Å²) in [5, 5.41) is 6.55. The summed E-state index contributed by atoms with van der Waals surface area (Å²) < 4.78 is 5.59. The monoisotopic (exact) mass is 462 g/mol. The predicted octanol–water partition coefficient (Wildman–Crippen LogP) is 6.17. The number of hydrogen-bond acceptors (Lipinski definition) is 4. The van der Waals surface area contributed by atoms with Gasteiger partial charge in [-0.2, -0.15) is 0 Å². The van der Waals surface area contributed by atoms with E-state index in [9.17, 15) is 9.59 Å². The Bertz CT molecular complexity index is 1120. The Morgan fingerprint density at radius 2 is 1.67 bits per heavy atom. The SMILES string of the molecule is CC(C)(C)C1CCc2c(sc(NC(=O)COc3ccccc3)c2C(=O)Nc2ccccc2)C1. The van der Waals surface area contributed by atoms with Gasteiger partial charge in [0.1, 0.15) is 10.8 Å². The van der Waals surface area contributed by atoms with Gasteiger partial charge in [-0.1, -0.05) is 57.2 Å². The average Bonchev–Trinajstić information content (AvgIpc) is 3.15. The van der Waals surface area contributed by atoms with Crippen molar-refractivity contribution in [3.63, 3.8) is 0 Å². The first-order chi connectivity index (χ1) is 15.8. The van der Waals surface area contributed by atoms with Crippen molar-refractivity contribution in [2.45, 2.75) is 40.0 Å². The fourth-order valence-corrected chi connectivity index (χ4v) is 5.54. The van der Waals surface area contributed by atoms with Crippen LogP contribution in [0.4, 0.5) is 10.7 Å². The van der Waals surface area contributed by atoms with E-state index in [0.717, 1.165) is 30.5 Å². The number of hydrogen-bond donors (Lipinski definition) is 2. The molecular formula is C27H30N2O3S. The quantitative estimate of drug-likeness (QED) is 0.460. The molecular weight excluding hydrogens is 432 g/mol. The van der Waals surface area contributed by atoms with Gasteiger partial charge in [0.2, 0.25) is 0 Å². The van der Waals surface area contributed by atoms with Gasteiger partial charge in [-0.25, -0.2) is 0 Å². The third-order valence-corrected chi connectivity index (χ3v) is 7.28. The van der Waals surface area contributed by atoms with Crippen LogP contribution in [0.15, 0.2) is 60.7 Å². The molecule has 1 aromatic heterocycles. The molecule has 172 valence electrons. The summed E-state index contributed by atoms with van der Waals surface area (Å²) in [6.45, 7) is 6.69. The lowest BCUT2D eigenvalue weighted by Crippen LogP contribution is -2.27. The molecule has 1 atom stereocenters. The van der Waals surface area contributed by atoms with Crippen LogP contribution < -0.4 is 15.4 Å². The van der Waals surface area contributed by atoms with E-state index in [1.54, 1.807) is 0 Å². The number of para-hydroxylation sites is 2. The summed E-state index contributed by atoms with van der Waals surface area (Å²) in [5.41, 5.74) is 2.57. The summed E-state index contributed by atoms with van der Waals surface area (Å²) in [7, 11) is 0. The molecule has 0 bridgehead atoms. The average molecular weight is 463 g/mol. The molecule has 0 saturated carbocycles. The van der Waals surface area contributed by atoms with Crippen LogP contribution in [0.1, 0.15) is 48.0 Å². The topological polar surface area (TPSA) is 67.4 Å². The van der Waals surface area contributed by atoms with E-state index in [-0.39, 0.29) is 23.8 Å². The molecule has 0 aliphatic heterocycles. The van der Waals surface area contributed by atoms with Gasteiger partial charge in [-0.05, 0) is 60.4 Å². The van der Waals surface area contributed by atoms with Crippen molar-refractivity contribution in [3.8, 4) is 5.75 Å². The lowest BCUT2D eigenvalue weighted by atomic mass is 9.72. The summed E-state index contributed by atoms with van der Waals surface area (Å²) in [6.07, 6.45) is 2.79. The van der Waals surface area contributed by atoms with Crippen LogP contribution in [0.5, 0.6) is 5.75 Å². The van der Waals surface area contributed by atoms with Crippen LogP contribution in [-0.2, 0) is 17.6 Å². The molecule has 1 aliphatic rings. The standard InChI is InChI=1S/C27H30N2O3S/c1-27(2,3)18-14-15-21-22(16-18)33-26(24(21)25(31)28-19-10-6-4-7-11-19)29-23(30)17-32-20-12-8-5-9-13-20/h4-13,18H,14-17H2,1-3H3,(H,28,31)(H,29,30). The van der Waals surface area contributed by atoms with Gasteiger partial charge < -0.3 is 15.4 Å². The molecule has 1 unspecified atom stereocenters. The Morgan fingerprint density at radius 1 is 1.00 bits per heavy atom. The van der Waals surface area contributed by atoms with Gasteiger partial charge in [0.05, 0.1) is 5.56 Å². The Hall–Kier alpha value is -3.12. The minimum atomic E-state index is -0.279. The van der Waals surface area contributed by atoms with Crippen molar-refractivity contribution < 1.29 is 14.3 Å². The first kappa shape index (κ1) is 23.1. The number of ether oxygens (including phenoxy) is 1. The molecule has 0 fully saturated rings. The first-order valence-electron chi connectivity index (χ1n) is 11.3. The number of rotatable bonds is 6. The molecule has 5 nitrogen and oxygen atoms in total. The van der Waals surface area contributed by atoms with E-state index >= 15 is 0 Å². The number of nitrogens with one attached hydrogen (secondary N) is 2. The Morgan fingerprint density at radius 3 is 2.33 bits per heavy atom. The first-order valence-corrected chi connectivity index (χ1v) is 12.1. The highest BCUT2D eigenvalue weighted by Crippen LogP contribution is 2.44. The fourth-order valence-electron chi connectivity index (χ4n) is 4.20. The second-order valence-electron chi connectivity index (χ2n) is 9.48. The highest BCUT2D eigenvalue weighted by Gasteiger charge is 2.34. The Kier molecular flexibility index (Phi) is 6.84. The molecule has 1 heterocycles. The summed E-state index contributed by atoms with van der Waals surface area (Å²) in [6, 6.07) is 18.6. The largest absolute Gasteiger partial charge is 0.484 e. The van der Waals surface area contributed by atoms with Crippen LogP contribution in [0.3, 0.4) is 0 Å². The van der Waals surface area contributed by atoms with Crippen LogP contribution in [-0.4, -0.2) is 18.4 Å². The Labute approximate surface area is 199 Å². The van der Waals surface area contributed by atoms with Crippen molar-refractivity contribution in [2.75, 3.05) is 17.2 Å². The number of amides is 2. The van der Waals surface area contributed by atoms with Crippen molar-refractivity contribution >= 4 is 33.8 Å². The molecule has 0 radical (unpaired) electrons. The van der Waals surface area contributed by atoms with Gasteiger partial charge in [-0.15, -0.1) is 11.3 Å². The molecule has 0 spiro atoms. The maximum atomic E-state index is 13.3. The fraction of sp³-hybridized carbons (Fsp3) is 0.333. The van der Waals surface area contributed by atoms with Gasteiger partial charge >= 0.3 is 0 Å². The molecule has 2 N–H and O–H groups in total. The van der Waals surface area contributed by atoms with E-state index < -0.39 is 0 Å². The molecule has 6 heteroatoms. The zero-order valence-corrected chi connectivity index (χ0v) is 20.1. The molecule has 0 saturated heterocycles. The van der Waals surface area contributed by atoms with E-state index in [4.69, 9.17) is 4.74 Å². The minimum Gasteiger partial charge on any atom is -0.484 e. The zero-order chi connectivity index (χ0) is 23.4. The number of carbonyl (C=O) groups excluding carboxylic acids is 2. The maximum absolute atomic E-state index is 13.3. The number of fused-ring (bicyclic) bond motifs is 1. The number of anilines is 2. The smallest absolute Gasteiger partial charge is 0.262 e.